The molecule has 2 heterocycles. The molecule has 2 unspecified atom stereocenters. The highest BCUT2D eigenvalue weighted by molar-refractivity contribution is 5.91. The van der Waals surface area contributed by atoms with Gasteiger partial charge in [0.25, 0.3) is 5.91 Å². The molecule has 184 valence electrons. The molecule has 2 atom stereocenters. The van der Waals surface area contributed by atoms with Gasteiger partial charge in [0.2, 0.25) is 0 Å². The summed E-state index contributed by atoms with van der Waals surface area (Å²) in [5, 5.41) is 8.69. The minimum Gasteiger partial charge on any atom is -0.454 e. The lowest BCUT2D eigenvalue weighted by molar-refractivity contribution is -0.144. The van der Waals surface area contributed by atoms with Gasteiger partial charge in [0, 0.05) is 29.3 Å². The van der Waals surface area contributed by atoms with Crippen LogP contribution < -0.4 is 5.32 Å². The summed E-state index contributed by atoms with van der Waals surface area (Å²) in [6, 6.07) is 19.5. The zero-order valence-corrected chi connectivity index (χ0v) is 20.2. The molecule has 5 rings (SSSR count). The predicted octanol–water partition coefficient (Wildman–Crippen LogP) is 5.54. The first-order chi connectivity index (χ1) is 17.6. The second-order valence-corrected chi connectivity index (χ2v) is 9.24. The third-order valence-corrected chi connectivity index (χ3v) is 6.62. The Bertz CT molecular complexity index is 1350. The molecule has 2 aromatic carbocycles. The van der Waals surface area contributed by atoms with Crippen LogP contribution in [0.4, 0.5) is 0 Å². The van der Waals surface area contributed by atoms with Crippen molar-refractivity contribution in [2.45, 2.75) is 38.6 Å². The Morgan fingerprint density at radius 3 is 2.69 bits per heavy atom. The monoisotopic (exact) mass is 483 g/mol. The number of benzene rings is 2. The molecule has 4 aromatic rings. The molecule has 1 fully saturated rings. The summed E-state index contributed by atoms with van der Waals surface area (Å²) < 4.78 is 13.0. The van der Waals surface area contributed by atoms with Gasteiger partial charge in [-0.05, 0) is 49.1 Å². The summed E-state index contributed by atoms with van der Waals surface area (Å²) >= 11 is 0. The number of aromatic nitrogens is 2. The number of nitrogens with one attached hydrogen (secondary N) is 1. The summed E-state index contributed by atoms with van der Waals surface area (Å²) in [4.78, 5) is 24.7. The van der Waals surface area contributed by atoms with Crippen LogP contribution in [-0.2, 0) is 14.3 Å². The lowest BCUT2D eigenvalue weighted by Crippen LogP contribution is -2.42. The highest BCUT2D eigenvalue weighted by Crippen LogP contribution is 2.30. The van der Waals surface area contributed by atoms with Crippen molar-refractivity contribution in [1.82, 2.24) is 15.1 Å². The van der Waals surface area contributed by atoms with Crippen molar-refractivity contribution in [3.8, 4) is 17.1 Å². The van der Waals surface area contributed by atoms with E-state index in [2.05, 4.69) is 12.2 Å². The Hall–Kier alpha value is -4.13. The van der Waals surface area contributed by atoms with Gasteiger partial charge in [0.05, 0.1) is 5.69 Å². The third kappa shape index (κ3) is 5.40. The molecule has 1 N–H and O–H groups in total. The Morgan fingerprint density at radius 2 is 1.89 bits per heavy atom. The van der Waals surface area contributed by atoms with Crippen molar-refractivity contribution in [3.63, 3.8) is 0 Å². The van der Waals surface area contributed by atoms with Crippen molar-refractivity contribution in [3.05, 3.63) is 78.5 Å². The molecule has 36 heavy (non-hydrogen) atoms. The Labute approximate surface area is 209 Å². The lowest BCUT2D eigenvalue weighted by atomic mass is 9.86. The smallest absolute Gasteiger partial charge is 0.331 e. The molecule has 0 saturated heterocycles. The first kappa shape index (κ1) is 23.6. The molecule has 1 aliphatic carbocycles. The average molecular weight is 484 g/mol. The lowest BCUT2D eigenvalue weighted by Gasteiger charge is -2.29. The van der Waals surface area contributed by atoms with E-state index < -0.39 is 5.97 Å². The van der Waals surface area contributed by atoms with Crippen LogP contribution in [0.3, 0.4) is 0 Å². The summed E-state index contributed by atoms with van der Waals surface area (Å²) in [5.41, 5.74) is 2.93. The van der Waals surface area contributed by atoms with Crippen molar-refractivity contribution in [2.24, 2.45) is 5.92 Å². The average Bonchev–Trinajstić information content (AvgIpc) is 3.52. The molecule has 0 spiro atoms. The molecule has 1 saturated carbocycles. The molecule has 0 aliphatic heterocycles. The van der Waals surface area contributed by atoms with Gasteiger partial charge in [-0.3, -0.25) is 4.79 Å². The maximum absolute atomic E-state index is 12.4. The maximum Gasteiger partial charge on any atom is 0.331 e. The number of esters is 1. The number of amides is 1. The van der Waals surface area contributed by atoms with Gasteiger partial charge in [0.1, 0.15) is 11.3 Å². The number of hydrogen-bond acceptors (Lipinski definition) is 5. The Balaban J connectivity index is 1.31. The molecule has 2 aromatic heterocycles. The maximum atomic E-state index is 12.4. The standard InChI is InChI=1S/C29H29N3O4/c1-20-9-5-7-13-24(20)30-27(33)19-35-28(34)16-15-22-18-32(23-11-3-2-4-12-23)31-29(22)26-17-21-10-6-8-14-25(21)36-26/h2-4,6,8,10-12,14-18,20,24H,5,7,9,13,19H2,1H3,(H,30,33)/b16-15+. The summed E-state index contributed by atoms with van der Waals surface area (Å²) in [6.07, 6.45) is 9.17. The highest BCUT2D eigenvalue weighted by atomic mass is 16.5. The number of nitrogens with zero attached hydrogens (tertiary/aromatic N) is 2. The third-order valence-electron chi connectivity index (χ3n) is 6.62. The fraction of sp³-hybridized carbons (Fsp3) is 0.276. The largest absolute Gasteiger partial charge is 0.454 e. The fourth-order valence-electron chi connectivity index (χ4n) is 4.63. The summed E-state index contributed by atoms with van der Waals surface area (Å²) in [7, 11) is 0. The number of carbonyl (C=O) groups is 2. The van der Waals surface area contributed by atoms with Crippen molar-refractivity contribution < 1.29 is 18.7 Å². The van der Waals surface area contributed by atoms with E-state index in [1.165, 1.54) is 12.5 Å². The van der Waals surface area contributed by atoms with Crippen molar-refractivity contribution in [1.29, 1.82) is 0 Å². The minimum absolute atomic E-state index is 0.149. The van der Waals surface area contributed by atoms with E-state index in [-0.39, 0.29) is 18.6 Å². The van der Waals surface area contributed by atoms with Crippen LogP contribution in [0.2, 0.25) is 0 Å². The van der Waals surface area contributed by atoms with Crippen LogP contribution in [0.5, 0.6) is 0 Å². The van der Waals surface area contributed by atoms with E-state index in [9.17, 15) is 9.59 Å². The molecule has 7 heteroatoms. The van der Waals surface area contributed by atoms with Crippen molar-refractivity contribution >= 4 is 28.9 Å². The van der Waals surface area contributed by atoms with Gasteiger partial charge in [-0.25, -0.2) is 9.48 Å². The molecule has 1 aliphatic rings. The van der Waals surface area contributed by atoms with Crippen LogP contribution in [0, 0.1) is 5.92 Å². The van der Waals surface area contributed by atoms with Crippen LogP contribution >= 0.6 is 0 Å². The first-order valence-corrected chi connectivity index (χ1v) is 12.3. The van der Waals surface area contributed by atoms with Gasteiger partial charge in [-0.1, -0.05) is 56.2 Å². The molecule has 0 radical (unpaired) electrons. The van der Waals surface area contributed by atoms with Crippen LogP contribution in [0.15, 0.2) is 77.4 Å². The first-order valence-electron chi connectivity index (χ1n) is 12.3. The number of carbonyl (C=O) groups excluding carboxylic acids is 2. The van der Waals surface area contributed by atoms with E-state index in [1.54, 1.807) is 10.8 Å². The normalized spacial score (nSPS) is 17.9. The Kier molecular flexibility index (Phi) is 6.98. The van der Waals surface area contributed by atoms with E-state index in [4.69, 9.17) is 14.3 Å². The number of ether oxygens (including phenoxy) is 1. The number of hydrogen-bond donors (Lipinski definition) is 1. The molecule has 7 nitrogen and oxygen atoms in total. The molecule has 0 bridgehead atoms. The van der Waals surface area contributed by atoms with Gasteiger partial charge in [-0.15, -0.1) is 0 Å². The minimum atomic E-state index is -0.593. The molecular formula is C29H29N3O4. The number of furan rings is 1. The molecule has 1 amide bonds. The van der Waals surface area contributed by atoms with Crippen LogP contribution in [0.25, 0.3) is 34.2 Å². The summed E-state index contributed by atoms with van der Waals surface area (Å²) in [5.74, 6) is 0.177. The molecular weight excluding hydrogens is 454 g/mol. The second kappa shape index (κ2) is 10.6. The summed E-state index contributed by atoms with van der Waals surface area (Å²) in [6.45, 7) is 1.85. The van der Waals surface area contributed by atoms with Crippen LogP contribution in [-0.4, -0.2) is 34.3 Å². The fourth-order valence-corrected chi connectivity index (χ4v) is 4.63. The topological polar surface area (TPSA) is 86.4 Å². The van der Waals surface area contributed by atoms with E-state index in [0.29, 0.717) is 22.9 Å². The number of fused-ring (bicyclic) bond motifs is 1. The predicted molar refractivity (Wildman–Crippen MR) is 138 cm³/mol. The van der Waals surface area contributed by atoms with E-state index >= 15 is 0 Å². The zero-order chi connectivity index (χ0) is 24.9. The highest BCUT2D eigenvalue weighted by Gasteiger charge is 2.23. The SMILES string of the molecule is CC1CCCCC1NC(=O)COC(=O)/C=C/c1cn(-c2ccccc2)nc1-c1cc2ccccc2o1. The van der Waals surface area contributed by atoms with E-state index in [0.717, 1.165) is 35.9 Å². The number of para-hydroxylation sites is 2. The zero-order valence-electron chi connectivity index (χ0n) is 20.2. The van der Waals surface area contributed by atoms with Crippen molar-refractivity contribution in [2.75, 3.05) is 6.61 Å². The van der Waals surface area contributed by atoms with Gasteiger partial charge >= 0.3 is 5.97 Å². The Morgan fingerprint density at radius 1 is 1.11 bits per heavy atom. The quantitative estimate of drug-likeness (QED) is 0.276. The van der Waals surface area contributed by atoms with Gasteiger partial charge in [0.15, 0.2) is 12.4 Å². The van der Waals surface area contributed by atoms with E-state index in [1.807, 2.05) is 66.9 Å². The van der Waals surface area contributed by atoms with Gasteiger partial charge in [-0.2, -0.15) is 5.10 Å². The van der Waals surface area contributed by atoms with Gasteiger partial charge < -0.3 is 14.5 Å². The van der Waals surface area contributed by atoms with Crippen LogP contribution in [0.1, 0.15) is 38.2 Å². The number of rotatable bonds is 7. The second-order valence-electron chi connectivity index (χ2n) is 9.24.